The lowest BCUT2D eigenvalue weighted by molar-refractivity contribution is 0.199. The van der Waals surface area contributed by atoms with Crippen LogP contribution in [-0.4, -0.2) is 27.8 Å². The molecule has 2 atom stereocenters. The minimum atomic E-state index is 0.296. The topological polar surface area (TPSA) is 50.1 Å². The Kier molecular flexibility index (Phi) is 3.16. The van der Waals surface area contributed by atoms with E-state index >= 15 is 0 Å². The van der Waals surface area contributed by atoms with Gasteiger partial charge in [-0.05, 0) is 31.7 Å². The summed E-state index contributed by atoms with van der Waals surface area (Å²) in [6.45, 7) is 2.43. The van der Waals surface area contributed by atoms with Gasteiger partial charge in [0.2, 0.25) is 0 Å². The fraction of sp³-hybridized carbons (Fsp3) is 0.769. The van der Waals surface area contributed by atoms with Gasteiger partial charge in [-0.15, -0.1) is 0 Å². The van der Waals surface area contributed by atoms with Crippen LogP contribution in [0.3, 0.4) is 0 Å². The third-order valence-electron chi connectivity index (χ3n) is 4.05. The van der Waals surface area contributed by atoms with E-state index in [1.54, 1.807) is 0 Å². The smallest absolute Gasteiger partial charge is 0.109 e. The molecule has 0 spiro atoms. The van der Waals surface area contributed by atoms with E-state index in [1.165, 1.54) is 25.0 Å². The molecular weight excluding hydrogens is 214 g/mol. The van der Waals surface area contributed by atoms with E-state index in [0.29, 0.717) is 18.6 Å². The number of hydrogen-bond donors (Lipinski definition) is 2. The number of nitrogens with one attached hydrogen (secondary N) is 1. The molecule has 2 N–H and O–H groups in total. The van der Waals surface area contributed by atoms with Crippen molar-refractivity contribution in [3.8, 4) is 0 Å². The van der Waals surface area contributed by atoms with Crippen LogP contribution in [0.15, 0.2) is 6.20 Å². The predicted molar refractivity (Wildman–Crippen MR) is 65.7 cm³/mol. The van der Waals surface area contributed by atoms with Gasteiger partial charge >= 0.3 is 0 Å². The zero-order chi connectivity index (χ0) is 11.7. The maximum absolute atomic E-state index is 9.22. The highest BCUT2D eigenvalue weighted by molar-refractivity contribution is 5.11. The molecule has 2 unspecified atom stereocenters. The Hall–Kier alpha value is -0.870. The third kappa shape index (κ3) is 2.24. The van der Waals surface area contributed by atoms with Gasteiger partial charge < -0.3 is 15.0 Å². The van der Waals surface area contributed by atoms with Gasteiger partial charge in [0.1, 0.15) is 5.82 Å². The Bertz CT molecular complexity index is 382. The Morgan fingerprint density at radius 2 is 2.35 bits per heavy atom. The summed E-state index contributed by atoms with van der Waals surface area (Å²) < 4.78 is 2.28. The average Bonchev–Trinajstić information content (AvgIpc) is 2.82. The monoisotopic (exact) mass is 235 g/mol. The summed E-state index contributed by atoms with van der Waals surface area (Å²) in [5, 5.41) is 12.8. The van der Waals surface area contributed by atoms with E-state index < -0.39 is 0 Å². The van der Waals surface area contributed by atoms with Gasteiger partial charge in [-0.1, -0.05) is 6.42 Å². The van der Waals surface area contributed by atoms with Crippen molar-refractivity contribution in [3.05, 3.63) is 17.7 Å². The van der Waals surface area contributed by atoms with E-state index in [0.717, 1.165) is 31.8 Å². The number of aliphatic hydroxyl groups excluding tert-OH is 1. The highest BCUT2D eigenvalue weighted by Gasteiger charge is 2.23. The molecule has 1 saturated heterocycles. The molecule has 1 aromatic heterocycles. The first kappa shape index (κ1) is 11.2. The normalized spacial score (nSPS) is 29.0. The minimum Gasteiger partial charge on any atom is -0.396 e. The van der Waals surface area contributed by atoms with Crippen LogP contribution in [0.2, 0.25) is 0 Å². The third-order valence-corrected chi connectivity index (χ3v) is 4.05. The molecule has 4 nitrogen and oxygen atoms in total. The van der Waals surface area contributed by atoms with Crippen LogP contribution in [0.25, 0.3) is 0 Å². The lowest BCUT2D eigenvalue weighted by Gasteiger charge is -2.21. The fourth-order valence-corrected chi connectivity index (χ4v) is 2.94. The van der Waals surface area contributed by atoms with Gasteiger partial charge in [0, 0.05) is 25.8 Å². The maximum atomic E-state index is 9.22. The van der Waals surface area contributed by atoms with E-state index in [2.05, 4.69) is 16.1 Å². The highest BCUT2D eigenvalue weighted by atomic mass is 16.3. The van der Waals surface area contributed by atoms with Crippen molar-refractivity contribution in [1.82, 2.24) is 14.9 Å². The highest BCUT2D eigenvalue weighted by Crippen LogP contribution is 2.26. The van der Waals surface area contributed by atoms with Crippen LogP contribution < -0.4 is 5.32 Å². The Morgan fingerprint density at radius 3 is 3.12 bits per heavy atom. The van der Waals surface area contributed by atoms with Crippen LogP contribution in [0, 0.1) is 5.92 Å². The van der Waals surface area contributed by atoms with Gasteiger partial charge in [-0.25, -0.2) is 4.98 Å². The van der Waals surface area contributed by atoms with Crippen LogP contribution >= 0.6 is 0 Å². The lowest BCUT2D eigenvalue weighted by atomic mass is 9.99. The maximum Gasteiger partial charge on any atom is 0.109 e. The number of nitrogens with zero attached hydrogens (tertiary/aromatic N) is 2. The van der Waals surface area contributed by atoms with Crippen molar-refractivity contribution < 1.29 is 5.11 Å². The van der Waals surface area contributed by atoms with Crippen molar-refractivity contribution in [3.63, 3.8) is 0 Å². The number of imidazole rings is 1. The SMILES string of the molecule is OCC1CCn2cc(C3CCCCN3)nc2C1. The Balaban J connectivity index is 1.77. The van der Waals surface area contributed by atoms with E-state index in [4.69, 9.17) is 4.98 Å². The first-order valence-corrected chi connectivity index (χ1v) is 6.77. The average molecular weight is 235 g/mol. The first-order valence-electron chi connectivity index (χ1n) is 6.77. The number of aromatic nitrogens is 2. The number of rotatable bonds is 2. The van der Waals surface area contributed by atoms with Gasteiger partial charge in [-0.2, -0.15) is 0 Å². The molecule has 0 bridgehead atoms. The standard InChI is InChI=1S/C13H21N3O/c17-9-10-4-6-16-8-12(15-13(16)7-10)11-3-1-2-5-14-11/h8,10-11,14,17H,1-7,9H2. The molecule has 1 fully saturated rings. The summed E-state index contributed by atoms with van der Waals surface area (Å²) in [5.74, 6) is 1.58. The second-order valence-corrected chi connectivity index (χ2v) is 5.32. The molecule has 94 valence electrons. The van der Waals surface area contributed by atoms with Crippen molar-refractivity contribution in [2.24, 2.45) is 5.92 Å². The number of aliphatic hydroxyl groups is 1. The molecule has 2 aliphatic heterocycles. The summed E-state index contributed by atoms with van der Waals surface area (Å²) in [6.07, 6.45) is 8.03. The summed E-state index contributed by atoms with van der Waals surface area (Å²) >= 11 is 0. The Labute approximate surface area is 102 Å². The van der Waals surface area contributed by atoms with E-state index in [-0.39, 0.29) is 0 Å². The summed E-state index contributed by atoms with van der Waals surface area (Å²) in [5.41, 5.74) is 1.21. The molecule has 0 aromatic carbocycles. The van der Waals surface area contributed by atoms with Crippen molar-refractivity contribution in [2.75, 3.05) is 13.2 Å². The van der Waals surface area contributed by atoms with Gasteiger partial charge in [0.15, 0.2) is 0 Å². The van der Waals surface area contributed by atoms with Gasteiger partial charge in [0.25, 0.3) is 0 Å². The molecule has 2 aliphatic rings. The molecule has 3 heterocycles. The molecule has 3 rings (SSSR count). The number of fused-ring (bicyclic) bond motifs is 1. The quantitative estimate of drug-likeness (QED) is 0.811. The van der Waals surface area contributed by atoms with Crippen molar-refractivity contribution in [1.29, 1.82) is 0 Å². The first-order chi connectivity index (χ1) is 8.36. The zero-order valence-corrected chi connectivity index (χ0v) is 10.2. The van der Waals surface area contributed by atoms with Crippen LogP contribution in [-0.2, 0) is 13.0 Å². The molecule has 0 radical (unpaired) electrons. The molecule has 0 aliphatic carbocycles. The van der Waals surface area contributed by atoms with Gasteiger partial charge in [-0.3, -0.25) is 0 Å². The molecule has 4 heteroatoms. The molecular formula is C13H21N3O. The Morgan fingerprint density at radius 1 is 1.41 bits per heavy atom. The fourth-order valence-electron chi connectivity index (χ4n) is 2.94. The number of aryl methyl sites for hydroxylation is 1. The summed E-state index contributed by atoms with van der Waals surface area (Å²) in [6, 6.07) is 0.453. The number of hydrogen-bond acceptors (Lipinski definition) is 3. The zero-order valence-electron chi connectivity index (χ0n) is 10.2. The molecule has 0 saturated carbocycles. The van der Waals surface area contributed by atoms with E-state index in [9.17, 15) is 5.11 Å². The van der Waals surface area contributed by atoms with Gasteiger partial charge in [0.05, 0.1) is 11.7 Å². The molecule has 1 aromatic rings. The van der Waals surface area contributed by atoms with Crippen LogP contribution in [0.4, 0.5) is 0 Å². The lowest BCUT2D eigenvalue weighted by Crippen LogP contribution is -2.27. The number of piperidine rings is 1. The van der Waals surface area contributed by atoms with Crippen LogP contribution in [0.5, 0.6) is 0 Å². The second kappa shape index (κ2) is 4.78. The molecule has 17 heavy (non-hydrogen) atoms. The summed E-state index contributed by atoms with van der Waals surface area (Å²) in [7, 11) is 0. The predicted octanol–water partition coefficient (Wildman–Crippen LogP) is 1.25. The van der Waals surface area contributed by atoms with Crippen molar-refractivity contribution in [2.45, 2.75) is 44.7 Å². The minimum absolute atomic E-state index is 0.296. The van der Waals surface area contributed by atoms with Crippen LogP contribution in [0.1, 0.15) is 43.2 Å². The second-order valence-electron chi connectivity index (χ2n) is 5.32. The van der Waals surface area contributed by atoms with Crippen molar-refractivity contribution >= 4 is 0 Å². The summed E-state index contributed by atoms with van der Waals surface area (Å²) in [4.78, 5) is 4.76. The van der Waals surface area contributed by atoms with E-state index in [1.807, 2.05) is 0 Å². The largest absolute Gasteiger partial charge is 0.396 e. The molecule has 0 amide bonds.